The van der Waals surface area contributed by atoms with E-state index in [1.54, 1.807) is 6.92 Å². The molecule has 0 aliphatic carbocycles. The molecule has 88 valence electrons. The average Bonchev–Trinajstić information content (AvgIpc) is 2.27. The van der Waals surface area contributed by atoms with Gasteiger partial charge in [0.2, 0.25) is 5.91 Å². The topological polar surface area (TPSA) is 49.3 Å². The van der Waals surface area contributed by atoms with Crippen molar-refractivity contribution in [3.05, 3.63) is 35.9 Å². The second-order valence-corrected chi connectivity index (χ2v) is 4.09. The summed E-state index contributed by atoms with van der Waals surface area (Å²) >= 11 is 0. The number of aliphatic hydroxyl groups is 1. The van der Waals surface area contributed by atoms with Crippen LogP contribution in [-0.2, 0) is 4.79 Å². The highest BCUT2D eigenvalue weighted by molar-refractivity contribution is 5.76. The summed E-state index contributed by atoms with van der Waals surface area (Å²) in [5.41, 5.74) is 1.09. The van der Waals surface area contributed by atoms with Crippen molar-refractivity contribution in [3.63, 3.8) is 0 Å². The van der Waals surface area contributed by atoms with E-state index in [0.29, 0.717) is 12.8 Å². The summed E-state index contributed by atoms with van der Waals surface area (Å²) in [7, 11) is 0. The molecule has 0 bridgehead atoms. The number of nitrogens with one attached hydrogen (secondary N) is 1. The molecule has 2 N–H and O–H groups in total. The van der Waals surface area contributed by atoms with E-state index in [0.717, 1.165) is 5.56 Å². The number of aliphatic hydroxyl groups excluding tert-OH is 1. The van der Waals surface area contributed by atoms with Crippen LogP contribution in [0.25, 0.3) is 0 Å². The third-order valence-corrected chi connectivity index (χ3v) is 2.47. The van der Waals surface area contributed by atoms with Gasteiger partial charge in [0.1, 0.15) is 0 Å². The van der Waals surface area contributed by atoms with E-state index < -0.39 is 6.10 Å². The Hall–Kier alpha value is -1.35. The molecule has 0 aromatic heterocycles. The highest BCUT2D eigenvalue weighted by Crippen LogP contribution is 2.11. The molecule has 1 aromatic carbocycles. The summed E-state index contributed by atoms with van der Waals surface area (Å²) in [4.78, 5) is 11.5. The zero-order chi connectivity index (χ0) is 12.0. The summed E-state index contributed by atoms with van der Waals surface area (Å²) in [5, 5.41) is 12.0. The lowest BCUT2D eigenvalue weighted by Gasteiger charge is -2.14. The first kappa shape index (κ1) is 12.7. The van der Waals surface area contributed by atoms with Crippen molar-refractivity contribution in [1.29, 1.82) is 0 Å². The van der Waals surface area contributed by atoms with Crippen molar-refractivity contribution in [2.75, 3.05) is 0 Å². The maximum atomic E-state index is 11.5. The third kappa shape index (κ3) is 4.45. The molecule has 0 aliphatic rings. The van der Waals surface area contributed by atoms with Crippen LogP contribution < -0.4 is 5.32 Å². The Morgan fingerprint density at radius 2 is 1.94 bits per heavy atom. The van der Waals surface area contributed by atoms with E-state index in [9.17, 15) is 4.79 Å². The van der Waals surface area contributed by atoms with E-state index in [1.165, 1.54) is 0 Å². The summed E-state index contributed by atoms with van der Waals surface area (Å²) in [5.74, 6) is -0.0164. The van der Waals surface area contributed by atoms with Gasteiger partial charge in [0.15, 0.2) is 0 Å². The van der Waals surface area contributed by atoms with Crippen LogP contribution in [-0.4, -0.2) is 17.1 Å². The Bertz CT molecular complexity index is 322. The quantitative estimate of drug-likeness (QED) is 0.799. The van der Waals surface area contributed by atoms with Crippen LogP contribution in [0.4, 0.5) is 0 Å². The van der Waals surface area contributed by atoms with Gasteiger partial charge in [-0.3, -0.25) is 4.79 Å². The number of carbonyl (C=O) groups is 1. The molecule has 0 fully saturated rings. The molecule has 3 heteroatoms. The number of hydrogen-bond donors (Lipinski definition) is 2. The van der Waals surface area contributed by atoms with Gasteiger partial charge < -0.3 is 10.4 Å². The summed E-state index contributed by atoms with van der Waals surface area (Å²) in [6, 6.07) is 9.84. The molecule has 1 rings (SSSR count). The highest BCUT2D eigenvalue weighted by atomic mass is 16.3. The van der Waals surface area contributed by atoms with Crippen LogP contribution in [0.1, 0.15) is 38.3 Å². The van der Waals surface area contributed by atoms with Gasteiger partial charge in [-0.05, 0) is 25.8 Å². The summed E-state index contributed by atoms with van der Waals surface area (Å²) < 4.78 is 0. The van der Waals surface area contributed by atoms with Crippen molar-refractivity contribution < 1.29 is 9.90 Å². The maximum Gasteiger partial charge on any atom is 0.220 e. The molecule has 16 heavy (non-hydrogen) atoms. The molecule has 0 radical (unpaired) electrons. The predicted molar refractivity (Wildman–Crippen MR) is 63.9 cm³/mol. The lowest BCUT2D eigenvalue weighted by molar-refractivity contribution is -0.122. The Morgan fingerprint density at radius 1 is 1.31 bits per heavy atom. The lowest BCUT2D eigenvalue weighted by atomic mass is 10.1. The van der Waals surface area contributed by atoms with Crippen LogP contribution in [0.2, 0.25) is 0 Å². The van der Waals surface area contributed by atoms with Crippen LogP contribution in [0.15, 0.2) is 30.3 Å². The fourth-order valence-electron chi connectivity index (χ4n) is 1.48. The molecule has 0 spiro atoms. The van der Waals surface area contributed by atoms with Gasteiger partial charge in [-0.25, -0.2) is 0 Å². The van der Waals surface area contributed by atoms with Gasteiger partial charge >= 0.3 is 0 Å². The molecule has 0 saturated heterocycles. The van der Waals surface area contributed by atoms with Gasteiger partial charge in [0.25, 0.3) is 0 Å². The molecule has 2 atom stereocenters. The van der Waals surface area contributed by atoms with Crippen molar-refractivity contribution in [2.45, 2.75) is 38.8 Å². The first-order valence-electron chi connectivity index (χ1n) is 5.62. The standard InChI is InChI=1S/C13H19NO2/c1-10(15)8-9-13(16)14-11(2)12-6-4-3-5-7-12/h3-7,10-11,15H,8-9H2,1-2H3,(H,14,16)/t10?,11-/m0/s1. The lowest BCUT2D eigenvalue weighted by Crippen LogP contribution is -2.27. The van der Waals surface area contributed by atoms with Crippen LogP contribution in [0.5, 0.6) is 0 Å². The second-order valence-electron chi connectivity index (χ2n) is 4.09. The normalized spacial score (nSPS) is 14.2. The van der Waals surface area contributed by atoms with Crippen LogP contribution >= 0.6 is 0 Å². The second kappa shape index (κ2) is 6.28. The Labute approximate surface area is 96.5 Å². The zero-order valence-electron chi connectivity index (χ0n) is 9.81. The smallest absolute Gasteiger partial charge is 0.220 e. The van der Waals surface area contributed by atoms with E-state index >= 15 is 0 Å². The summed E-state index contributed by atoms with van der Waals surface area (Å²) in [6.45, 7) is 3.64. The highest BCUT2D eigenvalue weighted by Gasteiger charge is 2.09. The maximum absolute atomic E-state index is 11.5. The Balaban J connectivity index is 2.40. The molecular weight excluding hydrogens is 202 g/mol. The van der Waals surface area contributed by atoms with Crippen molar-refractivity contribution in [3.8, 4) is 0 Å². The number of carbonyl (C=O) groups excluding carboxylic acids is 1. The van der Waals surface area contributed by atoms with E-state index in [2.05, 4.69) is 5.32 Å². The zero-order valence-corrected chi connectivity index (χ0v) is 9.81. The van der Waals surface area contributed by atoms with E-state index in [4.69, 9.17) is 5.11 Å². The van der Waals surface area contributed by atoms with Gasteiger partial charge in [-0.1, -0.05) is 30.3 Å². The molecule has 3 nitrogen and oxygen atoms in total. The predicted octanol–water partition coefficient (Wildman–Crippen LogP) is 2.02. The van der Waals surface area contributed by atoms with Crippen molar-refractivity contribution >= 4 is 5.91 Å². The van der Waals surface area contributed by atoms with Gasteiger partial charge in [0.05, 0.1) is 12.1 Å². The number of benzene rings is 1. The fraction of sp³-hybridized carbons (Fsp3) is 0.462. The van der Waals surface area contributed by atoms with E-state index in [-0.39, 0.29) is 11.9 Å². The molecule has 1 unspecified atom stereocenters. The van der Waals surface area contributed by atoms with Crippen LogP contribution in [0.3, 0.4) is 0 Å². The average molecular weight is 221 g/mol. The largest absolute Gasteiger partial charge is 0.393 e. The van der Waals surface area contributed by atoms with Gasteiger partial charge in [0, 0.05) is 6.42 Å². The third-order valence-electron chi connectivity index (χ3n) is 2.47. The minimum absolute atomic E-state index is 0.0164. The molecule has 1 aromatic rings. The molecule has 0 heterocycles. The first-order valence-corrected chi connectivity index (χ1v) is 5.62. The summed E-state index contributed by atoms with van der Waals surface area (Å²) in [6.07, 6.45) is 0.458. The minimum atomic E-state index is -0.419. The molecule has 0 aliphatic heterocycles. The number of rotatable bonds is 5. The number of hydrogen-bond acceptors (Lipinski definition) is 2. The molecule has 1 amide bonds. The fourth-order valence-corrected chi connectivity index (χ4v) is 1.48. The monoisotopic (exact) mass is 221 g/mol. The number of amides is 1. The van der Waals surface area contributed by atoms with Gasteiger partial charge in [-0.15, -0.1) is 0 Å². The first-order chi connectivity index (χ1) is 7.59. The van der Waals surface area contributed by atoms with E-state index in [1.807, 2.05) is 37.3 Å². The minimum Gasteiger partial charge on any atom is -0.393 e. The SMILES string of the molecule is CC(O)CCC(=O)N[C@@H](C)c1ccccc1. The van der Waals surface area contributed by atoms with Crippen LogP contribution in [0, 0.1) is 0 Å². The van der Waals surface area contributed by atoms with Gasteiger partial charge in [-0.2, -0.15) is 0 Å². The molecular formula is C13H19NO2. The Morgan fingerprint density at radius 3 is 2.50 bits per heavy atom. The Kier molecular flexibility index (Phi) is 4.99. The van der Waals surface area contributed by atoms with Crippen molar-refractivity contribution in [2.24, 2.45) is 0 Å². The van der Waals surface area contributed by atoms with Crippen molar-refractivity contribution in [1.82, 2.24) is 5.32 Å². The molecule has 0 saturated carbocycles.